The summed E-state index contributed by atoms with van der Waals surface area (Å²) in [5, 5.41) is 4.06. The van der Waals surface area contributed by atoms with Crippen molar-refractivity contribution in [2.45, 2.75) is 6.54 Å². The smallest absolute Gasteiger partial charge is 0.0623 e. The molecule has 5 heteroatoms. The highest BCUT2D eigenvalue weighted by Gasteiger charge is 1.95. The first-order valence-electron chi connectivity index (χ1n) is 3.16. The van der Waals surface area contributed by atoms with Crippen LogP contribution in [0.4, 0.5) is 0 Å². The molecule has 3 nitrogen and oxygen atoms in total. The molecule has 0 aliphatic heterocycles. The van der Waals surface area contributed by atoms with Crippen molar-refractivity contribution in [3.05, 3.63) is 16.0 Å². The third-order valence-electron chi connectivity index (χ3n) is 1.21. The van der Waals surface area contributed by atoms with Crippen molar-refractivity contribution < 1.29 is 4.21 Å². The van der Waals surface area contributed by atoms with E-state index in [-0.39, 0.29) is 0 Å². The van der Waals surface area contributed by atoms with E-state index >= 15 is 0 Å². The van der Waals surface area contributed by atoms with Crippen molar-refractivity contribution in [3.8, 4) is 0 Å². The molecule has 1 aromatic heterocycles. The van der Waals surface area contributed by atoms with Crippen molar-refractivity contribution in [3.63, 3.8) is 0 Å². The van der Waals surface area contributed by atoms with Crippen LogP contribution in [-0.4, -0.2) is 26.0 Å². The fraction of sp³-hybridized carbons (Fsp3) is 0.500. The third kappa shape index (κ3) is 3.33. The molecule has 0 fully saturated rings. The van der Waals surface area contributed by atoms with Crippen molar-refractivity contribution >= 4 is 33.4 Å². The minimum absolute atomic E-state index is 0.678. The minimum atomic E-state index is -0.720. The van der Waals surface area contributed by atoms with Crippen LogP contribution in [0.2, 0.25) is 0 Å². The first-order valence-corrected chi connectivity index (χ1v) is 5.97. The molecule has 1 atom stereocenters. The topological polar surface area (TPSA) is 34.9 Å². The van der Waals surface area contributed by atoms with E-state index in [1.807, 2.05) is 10.9 Å². The molecule has 0 radical (unpaired) electrons. The van der Waals surface area contributed by atoms with Crippen LogP contribution in [0, 0.1) is 3.57 Å². The lowest BCUT2D eigenvalue weighted by atomic mass is 10.7. The van der Waals surface area contributed by atoms with Gasteiger partial charge in [-0.15, -0.1) is 0 Å². The summed E-state index contributed by atoms with van der Waals surface area (Å²) in [6.07, 6.45) is 5.43. The molecule has 0 aliphatic rings. The van der Waals surface area contributed by atoms with E-state index in [4.69, 9.17) is 0 Å². The highest BCUT2D eigenvalue weighted by atomic mass is 127. The molecular weight excluding hydrogens is 275 g/mol. The van der Waals surface area contributed by atoms with Crippen LogP contribution in [0.1, 0.15) is 0 Å². The van der Waals surface area contributed by atoms with Crippen LogP contribution >= 0.6 is 22.6 Å². The van der Waals surface area contributed by atoms with Crippen LogP contribution in [-0.2, 0) is 17.3 Å². The number of halogens is 1. The SMILES string of the molecule is CS(=O)CCn1cc(I)cn1. The van der Waals surface area contributed by atoms with Crippen molar-refractivity contribution in [1.82, 2.24) is 9.78 Å². The monoisotopic (exact) mass is 284 g/mol. The van der Waals surface area contributed by atoms with Gasteiger partial charge < -0.3 is 0 Å². The summed E-state index contributed by atoms with van der Waals surface area (Å²) >= 11 is 2.20. The largest absolute Gasteiger partial charge is 0.271 e. The molecule has 0 spiro atoms. The Labute approximate surface area is 81.8 Å². The summed E-state index contributed by atoms with van der Waals surface area (Å²) in [4.78, 5) is 0. The molecule has 11 heavy (non-hydrogen) atoms. The maximum atomic E-state index is 10.7. The molecule has 1 heterocycles. The summed E-state index contributed by atoms with van der Waals surface area (Å²) in [5.41, 5.74) is 0. The molecule has 0 amide bonds. The summed E-state index contributed by atoms with van der Waals surface area (Å²) in [7, 11) is -0.720. The zero-order chi connectivity index (χ0) is 8.27. The van der Waals surface area contributed by atoms with E-state index < -0.39 is 10.8 Å². The lowest BCUT2D eigenvalue weighted by molar-refractivity contribution is 0.646. The van der Waals surface area contributed by atoms with Gasteiger partial charge in [-0.3, -0.25) is 8.89 Å². The van der Waals surface area contributed by atoms with Crippen molar-refractivity contribution in [2.75, 3.05) is 12.0 Å². The summed E-state index contributed by atoms with van der Waals surface area (Å²) < 4.78 is 13.6. The van der Waals surface area contributed by atoms with Crippen LogP contribution in [0.3, 0.4) is 0 Å². The van der Waals surface area contributed by atoms with Gasteiger partial charge in [-0.2, -0.15) is 5.10 Å². The van der Waals surface area contributed by atoms with Crippen molar-refractivity contribution in [1.29, 1.82) is 0 Å². The number of hydrogen-bond acceptors (Lipinski definition) is 2. The molecule has 1 unspecified atom stereocenters. The van der Waals surface area contributed by atoms with Gasteiger partial charge in [0.05, 0.1) is 16.3 Å². The molecule has 0 aliphatic carbocycles. The minimum Gasteiger partial charge on any atom is -0.271 e. The second kappa shape index (κ2) is 4.20. The number of aryl methyl sites for hydroxylation is 1. The molecule has 1 aromatic rings. The normalized spacial score (nSPS) is 13.3. The molecule has 62 valence electrons. The van der Waals surface area contributed by atoms with E-state index in [1.54, 1.807) is 12.5 Å². The van der Waals surface area contributed by atoms with Crippen molar-refractivity contribution in [2.24, 2.45) is 0 Å². The van der Waals surface area contributed by atoms with Crippen LogP contribution in [0.5, 0.6) is 0 Å². The fourth-order valence-electron chi connectivity index (χ4n) is 0.683. The van der Waals surface area contributed by atoms with E-state index in [9.17, 15) is 4.21 Å². The number of aromatic nitrogens is 2. The number of rotatable bonds is 3. The van der Waals surface area contributed by atoms with E-state index in [0.717, 1.165) is 10.1 Å². The standard InChI is InChI=1S/C6H9IN2OS/c1-11(10)3-2-9-5-6(7)4-8-9/h4-5H,2-3H2,1H3. The van der Waals surface area contributed by atoms with Gasteiger partial charge in [0.25, 0.3) is 0 Å². The Bertz CT molecular complexity index is 261. The molecule has 0 aromatic carbocycles. The predicted octanol–water partition coefficient (Wildman–Crippen LogP) is 0.866. The number of nitrogens with zero attached hydrogens (tertiary/aromatic N) is 2. The van der Waals surface area contributed by atoms with Gasteiger partial charge >= 0.3 is 0 Å². The average Bonchev–Trinajstić information content (AvgIpc) is 2.31. The maximum Gasteiger partial charge on any atom is 0.0623 e. The predicted molar refractivity (Wildman–Crippen MR) is 53.9 cm³/mol. The highest BCUT2D eigenvalue weighted by molar-refractivity contribution is 14.1. The summed E-state index contributed by atoms with van der Waals surface area (Å²) in [6, 6.07) is 0. The average molecular weight is 284 g/mol. The second-order valence-corrected chi connectivity index (χ2v) is 5.00. The molecule has 1 rings (SSSR count). The quantitative estimate of drug-likeness (QED) is 0.772. The van der Waals surface area contributed by atoms with E-state index in [2.05, 4.69) is 27.7 Å². The maximum absolute atomic E-state index is 10.7. The van der Waals surface area contributed by atoms with Gasteiger partial charge in [-0.1, -0.05) is 0 Å². The van der Waals surface area contributed by atoms with Crippen LogP contribution in [0.15, 0.2) is 12.4 Å². The first kappa shape index (κ1) is 9.18. The Balaban J connectivity index is 2.45. The summed E-state index contributed by atoms with van der Waals surface area (Å²) in [5.74, 6) is 0.678. The summed E-state index contributed by atoms with van der Waals surface area (Å²) in [6.45, 7) is 0.742. The zero-order valence-electron chi connectivity index (χ0n) is 6.16. The molecule has 0 saturated heterocycles. The Morgan fingerprint density at radius 3 is 3.00 bits per heavy atom. The lowest BCUT2D eigenvalue weighted by Gasteiger charge is -1.96. The van der Waals surface area contributed by atoms with E-state index in [1.165, 1.54) is 0 Å². The Hall–Kier alpha value is 0.0900. The zero-order valence-corrected chi connectivity index (χ0v) is 9.13. The number of hydrogen-bond donors (Lipinski definition) is 0. The van der Waals surface area contributed by atoms with Gasteiger partial charge in [0.2, 0.25) is 0 Å². The Morgan fingerprint density at radius 1 is 1.82 bits per heavy atom. The highest BCUT2D eigenvalue weighted by Crippen LogP contribution is 2.00. The third-order valence-corrected chi connectivity index (χ3v) is 2.52. The second-order valence-electron chi connectivity index (χ2n) is 2.20. The van der Waals surface area contributed by atoms with Gasteiger partial charge in [-0.25, -0.2) is 0 Å². The molecule has 0 N–H and O–H groups in total. The fourth-order valence-corrected chi connectivity index (χ4v) is 1.57. The first-order chi connectivity index (χ1) is 5.18. The Morgan fingerprint density at radius 2 is 2.55 bits per heavy atom. The molecule has 0 bridgehead atoms. The van der Waals surface area contributed by atoms with Gasteiger partial charge in [0.1, 0.15) is 0 Å². The molecular formula is C6H9IN2OS. The van der Waals surface area contributed by atoms with Gasteiger partial charge in [0.15, 0.2) is 0 Å². The molecule has 0 saturated carbocycles. The van der Waals surface area contributed by atoms with E-state index in [0.29, 0.717) is 5.75 Å². The van der Waals surface area contributed by atoms with Crippen LogP contribution in [0.25, 0.3) is 0 Å². The lowest BCUT2D eigenvalue weighted by Crippen LogP contribution is -2.06. The Kier molecular flexibility index (Phi) is 3.50. The van der Waals surface area contributed by atoms with Crippen LogP contribution < -0.4 is 0 Å². The van der Waals surface area contributed by atoms with Gasteiger partial charge in [-0.05, 0) is 22.6 Å². The van der Waals surface area contributed by atoms with Gasteiger partial charge in [0, 0.05) is 29.0 Å².